The molecule has 0 aliphatic rings. The molecule has 0 aliphatic carbocycles. The molecule has 0 amide bonds. The summed E-state index contributed by atoms with van der Waals surface area (Å²) >= 11 is 0. The number of carbonyl (C=O) groups excluding carboxylic acids is 1. The smallest absolute Gasteiger partial charge is 0.304 e. The number of hydrogen-bond acceptors (Lipinski definition) is 6. The Morgan fingerprint density at radius 1 is 0.938 bits per heavy atom. The highest BCUT2D eigenvalue weighted by molar-refractivity contribution is 5.65. The van der Waals surface area contributed by atoms with Gasteiger partial charge in [-0.05, 0) is 6.42 Å². The van der Waals surface area contributed by atoms with E-state index in [-0.39, 0.29) is 33.1 Å². The number of esters is 1. The van der Waals surface area contributed by atoms with Crippen LogP contribution in [0.5, 0.6) is 0 Å². The molecule has 16 heavy (non-hydrogen) atoms. The van der Waals surface area contributed by atoms with Crippen LogP contribution in [-0.2, 0) is 28.5 Å². The molecule has 0 fully saturated rings. The van der Waals surface area contributed by atoms with Crippen molar-refractivity contribution in [1.82, 2.24) is 0 Å². The highest BCUT2D eigenvalue weighted by atomic mass is 16.8. The third-order valence-corrected chi connectivity index (χ3v) is 1.49. The van der Waals surface area contributed by atoms with Crippen LogP contribution in [0.15, 0.2) is 0 Å². The third kappa shape index (κ3) is 13.3. The largest absolute Gasteiger partial charge is 0.439 e. The molecule has 0 saturated heterocycles. The van der Waals surface area contributed by atoms with E-state index >= 15 is 0 Å². The first-order chi connectivity index (χ1) is 7.77. The first-order valence-electron chi connectivity index (χ1n) is 5.21. The molecule has 0 radical (unpaired) electrons. The van der Waals surface area contributed by atoms with Gasteiger partial charge < -0.3 is 23.7 Å². The van der Waals surface area contributed by atoms with Crippen molar-refractivity contribution in [2.45, 2.75) is 26.7 Å². The molecule has 96 valence electrons. The highest BCUT2D eigenvalue weighted by Crippen LogP contribution is 1.88. The van der Waals surface area contributed by atoms with E-state index < -0.39 is 0 Å². The summed E-state index contributed by atoms with van der Waals surface area (Å²) in [6, 6.07) is 0. The van der Waals surface area contributed by atoms with Crippen LogP contribution >= 0.6 is 0 Å². The molecular weight excluding hydrogens is 216 g/mol. The van der Waals surface area contributed by atoms with Gasteiger partial charge in [0, 0.05) is 13.5 Å². The lowest BCUT2D eigenvalue weighted by atomic mass is 10.4. The van der Waals surface area contributed by atoms with Crippen molar-refractivity contribution in [3.8, 4) is 0 Å². The molecule has 0 aromatic rings. The van der Waals surface area contributed by atoms with E-state index in [0.717, 1.165) is 12.8 Å². The van der Waals surface area contributed by atoms with Gasteiger partial charge in [0.25, 0.3) is 0 Å². The van der Waals surface area contributed by atoms with Crippen molar-refractivity contribution in [1.29, 1.82) is 0 Å². The van der Waals surface area contributed by atoms with E-state index in [4.69, 9.17) is 18.9 Å². The summed E-state index contributed by atoms with van der Waals surface area (Å²) in [7, 11) is 0. The summed E-state index contributed by atoms with van der Waals surface area (Å²) in [5, 5.41) is 0. The number of hydrogen-bond donors (Lipinski definition) is 0. The maximum absolute atomic E-state index is 10.3. The average Bonchev–Trinajstić information content (AvgIpc) is 2.25. The lowest BCUT2D eigenvalue weighted by Gasteiger charge is -2.07. The molecule has 0 aromatic carbocycles. The zero-order valence-electron chi connectivity index (χ0n) is 9.90. The predicted octanol–water partition coefficient (Wildman–Crippen LogP) is 1.25. The van der Waals surface area contributed by atoms with Gasteiger partial charge in [0.1, 0.15) is 6.79 Å². The summed E-state index contributed by atoms with van der Waals surface area (Å²) in [6.07, 6.45) is 2.12. The molecule has 0 aromatic heterocycles. The number of ether oxygens (including phenoxy) is 5. The van der Waals surface area contributed by atoms with Crippen LogP contribution in [0.2, 0.25) is 0 Å². The summed E-state index contributed by atoms with van der Waals surface area (Å²) in [6.45, 7) is 4.30. The molecule has 0 rings (SSSR count). The molecule has 0 unspecified atom stereocenters. The molecule has 0 atom stereocenters. The van der Waals surface area contributed by atoms with E-state index in [1.54, 1.807) is 0 Å². The maximum Gasteiger partial charge on any atom is 0.304 e. The van der Waals surface area contributed by atoms with Gasteiger partial charge in [0.2, 0.25) is 0 Å². The summed E-state index contributed by atoms with van der Waals surface area (Å²) in [5.74, 6) is -0.388. The van der Waals surface area contributed by atoms with Gasteiger partial charge in [0.15, 0.2) is 20.4 Å². The molecule has 0 N–H and O–H groups in total. The van der Waals surface area contributed by atoms with Gasteiger partial charge in [-0.25, -0.2) is 0 Å². The fourth-order valence-corrected chi connectivity index (χ4v) is 0.709. The zero-order chi connectivity index (χ0) is 12.1. The van der Waals surface area contributed by atoms with Gasteiger partial charge in [-0.2, -0.15) is 0 Å². The van der Waals surface area contributed by atoms with Crippen molar-refractivity contribution < 1.29 is 28.5 Å². The van der Waals surface area contributed by atoms with Gasteiger partial charge in [-0.3, -0.25) is 4.79 Å². The Kier molecular flexibility index (Phi) is 11.8. The van der Waals surface area contributed by atoms with Crippen molar-refractivity contribution in [2.24, 2.45) is 0 Å². The fourth-order valence-electron chi connectivity index (χ4n) is 0.709. The highest BCUT2D eigenvalue weighted by Gasteiger charge is 1.92. The minimum atomic E-state index is -0.388. The second-order valence-corrected chi connectivity index (χ2v) is 2.98. The molecule has 6 heteroatoms. The molecule has 6 nitrogen and oxygen atoms in total. The third-order valence-electron chi connectivity index (χ3n) is 1.49. The zero-order valence-corrected chi connectivity index (χ0v) is 9.90. The number of rotatable bonds is 11. The Morgan fingerprint density at radius 2 is 1.50 bits per heavy atom. The summed E-state index contributed by atoms with van der Waals surface area (Å²) in [4.78, 5) is 10.3. The van der Waals surface area contributed by atoms with Crippen LogP contribution in [0, 0.1) is 0 Å². The maximum atomic E-state index is 10.3. The molecule has 0 spiro atoms. The van der Waals surface area contributed by atoms with E-state index in [1.165, 1.54) is 6.92 Å². The van der Waals surface area contributed by atoms with Gasteiger partial charge in [0.05, 0.1) is 0 Å². The molecule has 0 heterocycles. The van der Waals surface area contributed by atoms with Crippen LogP contribution in [0.1, 0.15) is 26.7 Å². The van der Waals surface area contributed by atoms with Crippen LogP contribution < -0.4 is 0 Å². The Morgan fingerprint density at radius 3 is 2.06 bits per heavy atom. The van der Waals surface area contributed by atoms with E-state index in [9.17, 15) is 4.79 Å². The number of unbranched alkanes of at least 4 members (excludes halogenated alkanes) is 1. The summed E-state index contributed by atoms with van der Waals surface area (Å²) < 4.78 is 24.3. The Labute approximate surface area is 95.8 Å². The first-order valence-corrected chi connectivity index (χ1v) is 5.21. The summed E-state index contributed by atoms with van der Waals surface area (Å²) in [5.41, 5.74) is 0. The Balaban J connectivity index is 2.90. The van der Waals surface area contributed by atoms with Crippen molar-refractivity contribution in [3.63, 3.8) is 0 Å². The quantitative estimate of drug-likeness (QED) is 0.305. The van der Waals surface area contributed by atoms with Gasteiger partial charge >= 0.3 is 5.97 Å². The fraction of sp³-hybridized carbons (Fsp3) is 0.900. The van der Waals surface area contributed by atoms with E-state index in [2.05, 4.69) is 11.7 Å². The minimum Gasteiger partial charge on any atom is -0.439 e. The van der Waals surface area contributed by atoms with Crippen LogP contribution in [0.3, 0.4) is 0 Å². The Bertz CT molecular complexity index is 161. The lowest BCUT2D eigenvalue weighted by Crippen LogP contribution is -2.10. The first kappa shape index (κ1) is 15.3. The van der Waals surface area contributed by atoms with Crippen LogP contribution in [0.25, 0.3) is 0 Å². The van der Waals surface area contributed by atoms with Crippen molar-refractivity contribution in [3.05, 3.63) is 0 Å². The lowest BCUT2D eigenvalue weighted by molar-refractivity contribution is -0.194. The normalized spacial score (nSPS) is 10.4. The molecule has 0 saturated carbocycles. The second-order valence-electron chi connectivity index (χ2n) is 2.98. The molecular formula is C10H20O6. The Hall–Kier alpha value is -0.690. The van der Waals surface area contributed by atoms with Gasteiger partial charge in [-0.15, -0.1) is 0 Å². The van der Waals surface area contributed by atoms with Crippen LogP contribution in [0.4, 0.5) is 0 Å². The topological polar surface area (TPSA) is 63.2 Å². The predicted molar refractivity (Wildman–Crippen MR) is 55.3 cm³/mol. The monoisotopic (exact) mass is 236 g/mol. The van der Waals surface area contributed by atoms with Crippen molar-refractivity contribution >= 4 is 5.97 Å². The van der Waals surface area contributed by atoms with Crippen molar-refractivity contribution in [2.75, 3.05) is 33.8 Å². The average molecular weight is 236 g/mol. The van der Waals surface area contributed by atoms with Crippen LogP contribution in [-0.4, -0.2) is 39.7 Å². The molecule has 0 bridgehead atoms. The SMILES string of the molecule is CCCCOCOCOCOCOC(C)=O. The number of carbonyl (C=O) groups is 1. The van der Waals surface area contributed by atoms with E-state index in [1.807, 2.05) is 0 Å². The molecule has 0 aliphatic heterocycles. The standard InChI is InChI=1S/C10H20O6/c1-3-4-5-12-6-13-7-14-8-15-9-16-10(2)11/h3-9H2,1-2H3. The minimum absolute atomic E-state index is 0.0161. The second kappa shape index (κ2) is 12.4. The van der Waals surface area contributed by atoms with Gasteiger partial charge in [-0.1, -0.05) is 13.3 Å². The van der Waals surface area contributed by atoms with E-state index in [0.29, 0.717) is 6.61 Å².